The van der Waals surface area contributed by atoms with Crippen LogP contribution in [0.15, 0.2) is 0 Å². The van der Waals surface area contributed by atoms with Crippen LogP contribution >= 0.6 is 0 Å². The van der Waals surface area contributed by atoms with Gasteiger partial charge in [0.25, 0.3) is 0 Å². The van der Waals surface area contributed by atoms with Crippen LogP contribution in [0.1, 0.15) is 45.4 Å². The number of nitrogens with one attached hydrogen (secondary N) is 1. The fourth-order valence-corrected chi connectivity index (χ4v) is 3.82. The lowest BCUT2D eigenvalue weighted by molar-refractivity contribution is -0.170. The molecule has 0 unspecified atom stereocenters. The second-order valence-corrected chi connectivity index (χ2v) is 6.42. The van der Waals surface area contributed by atoms with Gasteiger partial charge in [0.1, 0.15) is 0 Å². The minimum absolute atomic E-state index is 0.00720. The van der Waals surface area contributed by atoms with E-state index >= 15 is 0 Å². The molecule has 0 radical (unpaired) electrons. The van der Waals surface area contributed by atoms with Crippen LogP contribution < -0.4 is 5.32 Å². The Hall–Kier alpha value is -0.810. The molecule has 0 saturated heterocycles. The molecule has 0 bridgehead atoms. The van der Waals surface area contributed by atoms with E-state index in [-0.39, 0.29) is 24.1 Å². The maximum absolute atomic E-state index is 12.4. The highest BCUT2D eigenvalue weighted by molar-refractivity contribution is 5.75. The Balaban J connectivity index is 1.56. The topological polar surface area (TPSA) is 61.8 Å². The summed E-state index contributed by atoms with van der Waals surface area (Å²) in [6.07, 6.45) is 7.02. The summed E-state index contributed by atoms with van der Waals surface area (Å²) in [7, 11) is 0. The number of hydrogen-bond donors (Lipinski definition) is 2. The van der Waals surface area contributed by atoms with Crippen LogP contribution in [-0.2, 0) is 4.74 Å². The van der Waals surface area contributed by atoms with Gasteiger partial charge >= 0.3 is 6.03 Å². The third-order valence-electron chi connectivity index (χ3n) is 5.32. The van der Waals surface area contributed by atoms with Crippen LogP contribution in [0.25, 0.3) is 0 Å². The van der Waals surface area contributed by atoms with E-state index in [2.05, 4.69) is 5.32 Å². The number of urea groups is 1. The van der Waals surface area contributed by atoms with E-state index in [4.69, 9.17) is 9.84 Å². The molecule has 3 rings (SSSR count). The lowest BCUT2D eigenvalue weighted by atomic mass is 9.51. The molecule has 2 atom stereocenters. The normalized spacial score (nSPS) is 30.5. The Kier molecular flexibility index (Phi) is 3.91. The number of nitrogens with zero attached hydrogens (tertiary/aromatic N) is 1. The highest BCUT2D eigenvalue weighted by Crippen LogP contribution is 2.57. The van der Waals surface area contributed by atoms with Crippen LogP contribution in [0.3, 0.4) is 0 Å². The van der Waals surface area contributed by atoms with Crippen molar-refractivity contribution < 1.29 is 14.6 Å². The second-order valence-electron chi connectivity index (χ2n) is 6.42. The van der Waals surface area contributed by atoms with Gasteiger partial charge in [-0.3, -0.25) is 0 Å². The first kappa shape index (κ1) is 14.1. The molecule has 5 nitrogen and oxygen atoms in total. The van der Waals surface area contributed by atoms with E-state index in [0.717, 1.165) is 25.9 Å². The number of hydrogen-bond acceptors (Lipinski definition) is 3. The lowest BCUT2D eigenvalue weighted by Crippen LogP contribution is -2.68. The smallest absolute Gasteiger partial charge is 0.317 e. The highest BCUT2D eigenvalue weighted by Gasteiger charge is 2.59. The van der Waals surface area contributed by atoms with Crippen molar-refractivity contribution in [3.63, 3.8) is 0 Å². The Labute approximate surface area is 120 Å². The van der Waals surface area contributed by atoms with Gasteiger partial charge in [0.05, 0.1) is 12.7 Å². The van der Waals surface area contributed by atoms with E-state index in [1.54, 1.807) is 4.90 Å². The van der Waals surface area contributed by atoms with Gasteiger partial charge in [-0.2, -0.15) is 0 Å². The van der Waals surface area contributed by atoms with Crippen molar-refractivity contribution in [2.75, 3.05) is 19.8 Å². The van der Waals surface area contributed by atoms with Crippen molar-refractivity contribution in [1.82, 2.24) is 10.2 Å². The van der Waals surface area contributed by atoms with Gasteiger partial charge < -0.3 is 20.1 Å². The van der Waals surface area contributed by atoms with Crippen LogP contribution in [0.5, 0.6) is 0 Å². The van der Waals surface area contributed by atoms with E-state index in [9.17, 15) is 4.79 Å². The largest absolute Gasteiger partial charge is 0.395 e. The highest BCUT2D eigenvalue weighted by atomic mass is 16.5. The molecule has 114 valence electrons. The Morgan fingerprint density at radius 2 is 2.20 bits per heavy atom. The van der Waals surface area contributed by atoms with E-state index in [0.29, 0.717) is 18.7 Å². The summed E-state index contributed by atoms with van der Waals surface area (Å²) in [5, 5.41) is 12.3. The zero-order chi connectivity index (χ0) is 14.2. The molecule has 0 aromatic carbocycles. The number of ether oxygens (including phenoxy) is 1. The zero-order valence-electron chi connectivity index (χ0n) is 12.3. The molecular weight excluding hydrogens is 256 g/mol. The molecule has 2 amide bonds. The molecule has 3 aliphatic rings. The van der Waals surface area contributed by atoms with Gasteiger partial charge in [0, 0.05) is 30.7 Å². The first-order valence-corrected chi connectivity index (χ1v) is 8.01. The summed E-state index contributed by atoms with van der Waals surface area (Å²) in [6.45, 7) is 3.28. The van der Waals surface area contributed by atoms with Crippen molar-refractivity contribution in [1.29, 1.82) is 0 Å². The van der Waals surface area contributed by atoms with Crippen LogP contribution in [0.4, 0.5) is 4.79 Å². The third-order valence-corrected chi connectivity index (χ3v) is 5.32. The molecule has 1 spiro atoms. The Bertz CT molecular complexity index is 366. The van der Waals surface area contributed by atoms with Crippen LogP contribution in [0.2, 0.25) is 0 Å². The van der Waals surface area contributed by atoms with Crippen molar-refractivity contribution in [3.05, 3.63) is 0 Å². The van der Waals surface area contributed by atoms with E-state index in [1.807, 2.05) is 6.92 Å². The third kappa shape index (κ3) is 2.31. The summed E-state index contributed by atoms with van der Waals surface area (Å²) >= 11 is 0. The average molecular weight is 282 g/mol. The van der Waals surface area contributed by atoms with E-state index < -0.39 is 0 Å². The Morgan fingerprint density at radius 3 is 2.70 bits per heavy atom. The molecule has 0 aliphatic heterocycles. The van der Waals surface area contributed by atoms with Gasteiger partial charge in [-0.05, 0) is 39.0 Å². The summed E-state index contributed by atoms with van der Waals surface area (Å²) in [6, 6.07) is 0.621. The average Bonchev–Trinajstić information content (AvgIpc) is 3.16. The van der Waals surface area contributed by atoms with Crippen LogP contribution in [-0.4, -0.2) is 54.0 Å². The Morgan fingerprint density at radius 1 is 1.45 bits per heavy atom. The number of aliphatic hydroxyl groups excluding tert-OH is 1. The maximum atomic E-state index is 12.4. The minimum atomic E-state index is 0.00720. The predicted molar refractivity (Wildman–Crippen MR) is 75.4 cm³/mol. The first-order valence-electron chi connectivity index (χ1n) is 8.01. The standard InChI is InChI=1S/C15H26N2O3/c1-2-20-13-10-12(15(13)6-3-7-15)16-14(19)17(8-9-18)11-4-5-11/h11-13,18H,2-10H2,1H3,(H,16,19)/t12-,13-/m1/s1. The SMILES string of the molecule is CCO[C@@H]1C[C@@H](NC(=O)N(CCO)C2CC2)C12CCC2. The molecule has 0 aromatic rings. The van der Waals surface area contributed by atoms with Crippen molar-refractivity contribution in [2.45, 2.75) is 63.6 Å². The molecule has 2 N–H and O–H groups in total. The molecule has 3 aliphatic carbocycles. The van der Waals surface area contributed by atoms with Gasteiger partial charge in [-0.1, -0.05) is 6.42 Å². The van der Waals surface area contributed by atoms with Crippen LogP contribution in [0, 0.1) is 5.41 Å². The van der Waals surface area contributed by atoms with Crippen molar-refractivity contribution >= 4 is 6.03 Å². The quantitative estimate of drug-likeness (QED) is 0.776. The predicted octanol–water partition coefficient (Wildman–Crippen LogP) is 1.50. The molecule has 3 fully saturated rings. The monoisotopic (exact) mass is 282 g/mol. The van der Waals surface area contributed by atoms with E-state index in [1.165, 1.54) is 19.3 Å². The molecule has 3 saturated carbocycles. The number of carbonyl (C=O) groups is 1. The second kappa shape index (κ2) is 5.53. The maximum Gasteiger partial charge on any atom is 0.317 e. The first-order chi connectivity index (χ1) is 9.71. The minimum Gasteiger partial charge on any atom is -0.395 e. The van der Waals surface area contributed by atoms with Gasteiger partial charge in [0.2, 0.25) is 0 Å². The van der Waals surface area contributed by atoms with Crippen molar-refractivity contribution in [2.24, 2.45) is 5.41 Å². The number of carbonyl (C=O) groups excluding carboxylic acids is 1. The molecule has 20 heavy (non-hydrogen) atoms. The summed E-state index contributed by atoms with van der Waals surface area (Å²) in [5.41, 5.74) is 0.208. The van der Waals surface area contributed by atoms with Gasteiger partial charge in [-0.25, -0.2) is 4.79 Å². The number of amides is 2. The number of aliphatic hydroxyl groups is 1. The fraction of sp³-hybridized carbons (Fsp3) is 0.933. The summed E-state index contributed by atoms with van der Waals surface area (Å²) < 4.78 is 5.81. The zero-order valence-corrected chi connectivity index (χ0v) is 12.3. The molecule has 0 heterocycles. The summed E-state index contributed by atoms with van der Waals surface area (Å²) in [4.78, 5) is 14.2. The van der Waals surface area contributed by atoms with Gasteiger partial charge in [0.15, 0.2) is 0 Å². The summed E-state index contributed by atoms with van der Waals surface area (Å²) in [5.74, 6) is 0. The fourth-order valence-electron chi connectivity index (χ4n) is 3.82. The lowest BCUT2D eigenvalue weighted by Gasteiger charge is -2.61. The van der Waals surface area contributed by atoms with Gasteiger partial charge in [-0.15, -0.1) is 0 Å². The molecule has 5 heteroatoms. The molecule has 0 aromatic heterocycles. The number of rotatable bonds is 6. The van der Waals surface area contributed by atoms with Crippen molar-refractivity contribution in [3.8, 4) is 0 Å². The molecular formula is C15H26N2O3.